The summed E-state index contributed by atoms with van der Waals surface area (Å²) in [5.41, 5.74) is 0.483. The van der Waals surface area contributed by atoms with E-state index in [2.05, 4.69) is 4.98 Å². The third-order valence-electron chi connectivity index (χ3n) is 2.79. The van der Waals surface area contributed by atoms with Crippen molar-refractivity contribution in [1.29, 1.82) is 0 Å². The molecule has 10 heteroatoms. The molecule has 2 aromatic rings. The summed E-state index contributed by atoms with van der Waals surface area (Å²) in [7, 11) is 1.32. The zero-order valence-electron chi connectivity index (χ0n) is 10.7. The highest BCUT2D eigenvalue weighted by Gasteiger charge is 2.17. The van der Waals surface area contributed by atoms with Crippen LogP contribution in [0.3, 0.4) is 0 Å². The van der Waals surface area contributed by atoms with Crippen LogP contribution in [0.15, 0.2) is 29.4 Å². The summed E-state index contributed by atoms with van der Waals surface area (Å²) in [6, 6.07) is 4.07. The van der Waals surface area contributed by atoms with Gasteiger partial charge in [0.05, 0.1) is 16.5 Å². The van der Waals surface area contributed by atoms with Crippen molar-refractivity contribution >= 4 is 37.0 Å². The first-order valence-corrected chi connectivity index (χ1v) is 8.28. The number of halogens is 2. The van der Waals surface area contributed by atoms with Gasteiger partial charge in [-0.2, -0.15) is 0 Å². The molecule has 0 unspecified atom stereocenters. The van der Waals surface area contributed by atoms with Crippen molar-refractivity contribution in [2.75, 3.05) is 0 Å². The molecule has 0 saturated heterocycles. The molecule has 0 aliphatic rings. The summed E-state index contributed by atoms with van der Waals surface area (Å²) < 4.78 is 24.0. The second-order valence-corrected chi connectivity index (χ2v) is 7.14. The number of rotatable bonds is 4. The molecule has 7 nitrogen and oxygen atoms in total. The smallest absolute Gasteiger partial charge is 0.280 e. The fourth-order valence-electron chi connectivity index (χ4n) is 1.72. The van der Waals surface area contributed by atoms with Crippen molar-refractivity contribution in [3.8, 4) is 0 Å². The van der Waals surface area contributed by atoms with Crippen molar-refractivity contribution in [3.63, 3.8) is 0 Å². The average Bonchev–Trinajstić information content (AvgIpc) is 2.73. The Morgan fingerprint density at radius 1 is 1.43 bits per heavy atom. The number of nitrogens with zero attached hydrogens (tertiary/aromatic N) is 3. The molecule has 0 atom stereocenters. The molecule has 1 heterocycles. The van der Waals surface area contributed by atoms with Crippen molar-refractivity contribution in [2.45, 2.75) is 18.5 Å². The lowest BCUT2D eigenvalue weighted by molar-refractivity contribution is -0.384. The minimum atomic E-state index is -3.91. The third-order valence-corrected chi connectivity index (χ3v) is 4.31. The minimum Gasteiger partial charge on any atom is -0.329 e. The van der Waals surface area contributed by atoms with E-state index >= 15 is 0 Å². The minimum absolute atomic E-state index is 0.116. The standard InChI is InChI=1S/C11H9Cl2N3O4S/c1-7-14-11(21(13,19)20)6-15(7)5-8-2-3-9(16(17)18)4-10(8)12/h2-4,6H,5H2,1H3. The molecule has 0 radical (unpaired) electrons. The van der Waals surface area contributed by atoms with Crippen LogP contribution in [0.5, 0.6) is 0 Å². The van der Waals surface area contributed by atoms with Gasteiger partial charge in [0.2, 0.25) is 0 Å². The Bertz CT molecular complexity index is 817. The first-order chi connectivity index (χ1) is 9.68. The predicted octanol–water partition coefficient (Wildman–Crippen LogP) is 2.73. The Morgan fingerprint density at radius 3 is 2.57 bits per heavy atom. The van der Waals surface area contributed by atoms with E-state index in [0.29, 0.717) is 11.4 Å². The van der Waals surface area contributed by atoms with Gasteiger partial charge in [0.25, 0.3) is 14.7 Å². The molecule has 0 bridgehead atoms. The van der Waals surface area contributed by atoms with Crippen LogP contribution in [-0.4, -0.2) is 22.9 Å². The molecule has 0 amide bonds. The zero-order chi connectivity index (χ0) is 15.8. The van der Waals surface area contributed by atoms with Crippen LogP contribution in [0.1, 0.15) is 11.4 Å². The normalized spacial score (nSPS) is 11.6. The lowest BCUT2D eigenvalue weighted by atomic mass is 10.2. The van der Waals surface area contributed by atoms with Gasteiger partial charge in [-0.05, 0) is 18.6 Å². The number of aryl methyl sites for hydroxylation is 1. The molecule has 112 valence electrons. The molecule has 1 aromatic carbocycles. The van der Waals surface area contributed by atoms with Gasteiger partial charge < -0.3 is 4.57 Å². The van der Waals surface area contributed by atoms with E-state index in [0.717, 1.165) is 0 Å². The van der Waals surface area contributed by atoms with Crippen LogP contribution in [0.2, 0.25) is 5.02 Å². The van der Waals surface area contributed by atoms with Crippen LogP contribution in [0.25, 0.3) is 0 Å². The molecule has 0 fully saturated rings. The van der Waals surface area contributed by atoms with Gasteiger partial charge >= 0.3 is 0 Å². The molecule has 0 aliphatic heterocycles. The van der Waals surface area contributed by atoms with E-state index in [9.17, 15) is 18.5 Å². The first-order valence-electron chi connectivity index (χ1n) is 5.60. The number of imidazole rings is 1. The van der Waals surface area contributed by atoms with Gasteiger partial charge in [-0.3, -0.25) is 10.1 Å². The first kappa shape index (κ1) is 15.7. The van der Waals surface area contributed by atoms with E-state index in [4.69, 9.17) is 22.3 Å². The molecule has 0 spiro atoms. The van der Waals surface area contributed by atoms with E-state index in [-0.39, 0.29) is 22.3 Å². The number of aromatic nitrogens is 2. The van der Waals surface area contributed by atoms with Crippen molar-refractivity contribution in [1.82, 2.24) is 9.55 Å². The summed E-state index contributed by atoms with van der Waals surface area (Å²) in [6.45, 7) is 1.84. The van der Waals surface area contributed by atoms with Gasteiger partial charge in [0.15, 0.2) is 5.03 Å². The van der Waals surface area contributed by atoms with Gasteiger partial charge in [-0.15, -0.1) is 0 Å². The highest BCUT2D eigenvalue weighted by molar-refractivity contribution is 8.13. The molecule has 0 N–H and O–H groups in total. The number of hydrogen-bond acceptors (Lipinski definition) is 5. The molecule has 21 heavy (non-hydrogen) atoms. The lowest BCUT2D eigenvalue weighted by Gasteiger charge is -2.06. The van der Waals surface area contributed by atoms with Crippen LogP contribution in [-0.2, 0) is 15.6 Å². The van der Waals surface area contributed by atoms with Gasteiger partial charge in [0, 0.05) is 29.0 Å². The second kappa shape index (κ2) is 5.63. The van der Waals surface area contributed by atoms with E-state index in [1.165, 1.54) is 24.4 Å². The maximum absolute atomic E-state index is 11.2. The molecular weight excluding hydrogens is 341 g/mol. The van der Waals surface area contributed by atoms with Gasteiger partial charge in [-0.25, -0.2) is 13.4 Å². The topological polar surface area (TPSA) is 95.1 Å². The van der Waals surface area contributed by atoms with Crippen LogP contribution < -0.4 is 0 Å². The Labute approximate surface area is 129 Å². The van der Waals surface area contributed by atoms with Crippen molar-refractivity contribution < 1.29 is 13.3 Å². The maximum atomic E-state index is 11.2. The summed E-state index contributed by atoms with van der Waals surface area (Å²) >= 11 is 5.99. The summed E-state index contributed by atoms with van der Waals surface area (Å²) in [6.07, 6.45) is 1.29. The van der Waals surface area contributed by atoms with E-state index in [1.54, 1.807) is 11.5 Å². The highest BCUT2D eigenvalue weighted by Crippen LogP contribution is 2.24. The monoisotopic (exact) mass is 349 g/mol. The largest absolute Gasteiger partial charge is 0.329 e. The summed E-state index contributed by atoms with van der Waals surface area (Å²) in [5, 5.41) is 10.6. The Kier molecular flexibility index (Phi) is 4.22. The third kappa shape index (κ3) is 3.52. The SMILES string of the molecule is Cc1nc(S(=O)(=O)Cl)cn1Cc1ccc([N+](=O)[O-])cc1Cl. The number of non-ortho nitro benzene ring substituents is 1. The fraction of sp³-hybridized carbons (Fsp3) is 0.182. The second-order valence-electron chi connectivity index (χ2n) is 4.22. The molecule has 1 aromatic heterocycles. The number of nitro groups is 1. The molecule has 0 aliphatic carbocycles. The number of benzene rings is 1. The average molecular weight is 350 g/mol. The Hall–Kier alpha value is -1.64. The Balaban J connectivity index is 2.35. The number of nitro benzene ring substituents is 1. The van der Waals surface area contributed by atoms with Crippen molar-refractivity contribution in [3.05, 3.63) is 50.9 Å². The highest BCUT2D eigenvalue weighted by atomic mass is 35.7. The molecule has 0 saturated carbocycles. The van der Waals surface area contributed by atoms with E-state index < -0.39 is 14.0 Å². The summed E-state index contributed by atoms with van der Waals surface area (Å²) in [5.74, 6) is 0.434. The Morgan fingerprint density at radius 2 is 2.10 bits per heavy atom. The molecular formula is C11H9Cl2N3O4S. The van der Waals surface area contributed by atoms with Gasteiger partial charge in [0.1, 0.15) is 5.82 Å². The fourth-order valence-corrected chi connectivity index (χ4v) is 2.67. The van der Waals surface area contributed by atoms with Crippen molar-refractivity contribution in [2.24, 2.45) is 0 Å². The van der Waals surface area contributed by atoms with Crippen LogP contribution >= 0.6 is 22.3 Å². The lowest BCUT2D eigenvalue weighted by Crippen LogP contribution is -2.01. The van der Waals surface area contributed by atoms with E-state index in [1.807, 2.05) is 0 Å². The number of hydrogen-bond donors (Lipinski definition) is 0. The predicted molar refractivity (Wildman–Crippen MR) is 77.2 cm³/mol. The van der Waals surface area contributed by atoms with Crippen LogP contribution in [0, 0.1) is 17.0 Å². The van der Waals surface area contributed by atoms with Gasteiger partial charge in [-0.1, -0.05) is 11.6 Å². The zero-order valence-corrected chi connectivity index (χ0v) is 13.0. The maximum Gasteiger partial charge on any atom is 0.280 e. The quantitative estimate of drug-likeness (QED) is 0.480. The molecule has 2 rings (SSSR count). The van der Waals surface area contributed by atoms with Crippen LogP contribution in [0.4, 0.5) is 5.69 Å². The summed E-state index contributed by atoms with van der Waals surface area (Å²) in [4.78, 5) is 13.9.